The average molecular weight is 241 g/mol. The summed E-state index contributed by atoms with van der Waals surface area (Å²) in [4.78, 5) is 0. The molecule has 0 amide bonds. The number of hydrogen-bond donors (Lipinski definition) is 2. The van der Waals surface area contributed by atoms with Crippen LogP contribution in [0.3, 0.4) is 0 Å². The van der Waals surface area contributed by atoms with Crippen LogP contribution < -0.4 is 5.32 Å². The van der Waals surface area contributed by atoms with E-state index in [1.807, 2.05) is 24.3 Å². The minimum atomic E-state index is -0.454. The number of hydrogen-bond acceptors (Lipinski definition) is 2. The van der Waals surface area contributed by atoms with Crippen molar-refractivity contribution < 1.29 is 9.50 Å². The van der Waals surface area contributed by atoms with Crippen molar-refractivity contribution in [2.24, 2.45) is 0 Å². The number of aromatic hydroxyl groups is 1. The van der Waals surface area contributed by atoms with Crippen molar-refractivity contribution in [3.8, 4) is 18.1 Å². The van der Waals surface area contributed by atoms with Crippen molar-refractivity contribution in [2.45, 2.75) is 6.54 Å². The zero-order chi connectivity index (χ0) is 13.0. The molecule has 90 valence electrons. The first kappa shape index (κ1) is 12.0. The summed E-state index contributed by atoms with van der Waals surface area (Å²) < 4.78 is 13.1. The summed E-state index contributed by atoms with van der Waals surface area (Å²) in [6, 6.07) is 11.3. The number of benzene rings is 2. The van der Waals surface area contributed by atoms with Gasteiger partial charge in [-0.15, -0.1) is 6.42 Å². The van der Waals surface area contributed by atoms with Crippen LogP contribution in [-0.2, 0) is 6.54 Å². The van der Waals surface area contributed by atoms with E-state index in [0.717, 1.165) is 17.3 Å². The monoisotopic (exact) mass is 241 g/mol. The second-order valence-electron chi connectivity index (χ2n) is 3.90. The molecular weight excluding hydrogens is 229 g/mol. The van der Waals surface area contributed by atoms with Gasteiger partial charge in [-0.3, -0.25) is 0 Å². The molecule has 0 aromatic heterocycles. The molecule has 2 rings (SSSR count). The Bertz CT molecular complexity index is 581. The van der Waals surface area contributed by atoms with E-state index in [-0.39, 0.29) is 5.75 Å². The molecule has 0 fully saturated rings. The van der Waals surface area contributed by atoms with Gasteiger partial charge in [0.2, 0.25) is 0 Å². The van der Waals surface area contributed by atoms with Crippen molar-refractivity contribution in [3.05, 3.63) is 59.4 Å². The van der Waals surface area contributed by atoms with Crippen molar-refractivity contribution in [1.29, 1.82) is 0 Å². The Balaban J connectivity index is 2.09. The topological polar surface area (TPSA) is 32.3 Å². The van der Waals surface area contributed by atoms with Crippen molar-refractivity contribution in [2.75, 3.05) is 5.32 Å². The lowest BCUT2D eigenvalue weighted by molar-refractivity contribution is 0.468. The minimum absolute atomic E-state index is 0.0795. The first-order valence-corrected chi connectivity index (χ1v) is 5.46. The molecule has 0 heterocycles. The molecule has 0 aliphatic carbocycles. The maximum atomic E-state index is 13.1. The van der Waals surface area contributed by atoms with Crippen LogP contribution in [0.15, 0.2) is 42.5 Å². The van der Waals surface area contributed by atoms with Crippen LogP contribution in [0.1, 0.15) is 11.1 Å². The first-order valence-electron chi connectivity index (χ1n) is 5.46. The third kappa shape index (κ3) is 3.02. The average Bonchev–Trinajstić information content (AvgIpc) is 2.35. The second-order valence-corrected chi connectivity index (χ2v) is 3.90. The third-order valence-corrected chi connectivity index (χ3v) is 2.47. The summed E-state index contributed by atoms with van der Waals surface area (Å²) in [5.74, 6) is 2.01. The Kier molecular flexibility index (Phi) is 3.49. The van der Waals surface area contributed by atoms with Gasteiger partial charge in [-0.05, 0) is 35.9 Å². The lowest BCUT2D eigenvalue weighted by Gasteiger charge is -2.07. The number of nitrogens with one attached hydrogen (secondary N) is 1. The van der Waals surface area contributed by atoms with E-state index in [2.05, 4.69) is 11.2 Å². The molecule has 0 atom stereocenters. The van der Waals surface area contributed by atoms with Gasteiger partial charge in [-0.25, -0.2) is 4.39 Å². The predicted molar refractivity (Wildman–Crippen MR) is 69.8 cm³/mol. The Morgan fingerprint density at radius 1 is 1.22 bits per heavy atom. The van der Waals surface area contributed by atoms with E-state index < -0.39 is 5.82 Å². The van der Waals surface area contributed by atoms with Crippen LogP contribution in [0.25, 0.3) is 0 Å². The third-order valence-electron chi connectivity index (χ3n) is 2.47. The van der Waals surface area contributed by atoms with Gasteiger partial charge in [-0.1, -0.05) is 12.0 Å². The smallest absolute Gasteiger partial charge is 0.127 e. The van der Waals surface area contributed by atoms with E-state index in [0.29, 0.717) is 12.1 Å². The van der Waals surface area contributed by atoms with Gasteiger partial charge in [0.05, 0.1) is 0 Å². The molecule has 2 aromatic rings. The van der Waals surface area contributed by atoms with Crippen LogP contribution in [0.2, 0.25) is 0 Å². The normalized spacial score (nSPS) is 9.78. The van der Waals surface area contributed by atoms with Gasteiger partial charge >= 0.3 is 0 Å². The summed E-state index contributed by atoms with van der Waals surface area (Å²) in [6.45, 7) is 0.416. The van der Waals surface area contributed by atoms with Gasteiger partial charge in [0, 0.05) is 23.9 Å². The molecule has 0 bridgehead atoms. The molecule has 0 aliphatic rings. The van der Waals surface area contributed by atoms with E-state index >= 15 is 0 Å². The fourth-order valence-corrected chi connectivity index (χ4v) is 1.66. The highest BCUT2D eigenvalue weighted by Crippen LogP contribution is 2.16. The Morgan fingerprint density at radius 3 is 2.78 bits per heavy atom. The second kappa shape index (κ2) is 5.24. The van der Waals surface area contributed by atoms with E-state index in [4.69, 9.17) is 6.42 Å². The van der Waals surface area contributed by atoms with Gasteiger partial charge in [0.1, 0.15) is 11.6 Å². The number of halogens is 1. The summed E-state index contributed by atoms with van der Waals surface area (Å²) in [5.41, 5.74) is 2.30. The zero-order valence-electron chi connectivity index (χ0n) is 9.65. The molecule has 2 aromatic carbocycles. The molecule has 0 saturated carbocycles. The highest BCUT2D eigenvalue weighted by molar-refractivity contribution is 5.50. The first-order chi connectivity index (χ1) is 8.67. The SMILES string of the molecule is C#Cc1cccc(NCc2cc(O)cc(F)c2)c1. The van der Waals surface area contributed by atoms with Crippen molar-refractivity contribution >= 4 is 5.69 Å². The molecule has 0 radical (unpaired) electrons. The zero-order valence-corrected chi connectivity index (χ0v) is 9.65. The van der Waals surface area contributed by atoms with E-state index in [1.54, 1.807) is 0 Å². The molecule has 0 saturated heterocycles. The number of phenolic OH excluding ortho intramolecular Hbond substituents is 1. The van der Waals surface area contributed by atoms with E-state index in [9.17, 15) is 9.50 Å². The standard InChI is InChI=1S/C15H12FNO/c1-2-11-4-3-5-14(7-11)17-10-12-6-13(16)9-15(18)8-12/h1,3-9,17-18H,10H2. The van der Waals surface area contributed by atoms with Gasteiger partial charge in [0.25, 0.3) is 0 Å². The summed E-state index contributed by atoms with van der Waals surface area (Å²) in [5, 5.41) is 12.4. The van der Waals surface area contributed by atoms with Crippen LogP contribution in [0.4, 0.5) is 10.1 Å². The maximum Gasteiger partial charge on any atom is 0.127 e. The molecule has 0 spiro atoms. The molecule has 18 heavy (non-hydrogen) atoms. The largest absolute Gasteiger partial charge is 0.508 e. The minimum Gasteiger partial charge on any atom is -0.508 e. The quantitative estimate of drug-likeness (QED) is 0.809. The van der Waals surface area contributed by atoms with Gasteiger partial charge in [0.15, 0.2) is 0 Å². The summed E-state index contributed by atoms with van der Waals surface area (Å²) in [6.07, 6.45) is 5.31. The fraction of sp³-hybridized carbons (Fsp3) is 0.0667. The van der Waals surface area contributed by atoms with Crippen LogP contribution in [-0.4, -0.2) is 5.11 Å². The van der Waals surface area contributed by atoms with Gasteiger partial charge < -0.3 is 10.4 Å². The predicted octanol–water partition coefficient (Wildman–Crippen LogP) is 3.12. The summed E-state index contributed by atoms with van der Waals surface area (Å²) in [7, 11) is 0. The molecular formula is C15H12FNO. The summed E-state index contributed by atoms with van der Waals surface area (Å²) >= 11 is 0. The number of phenols is 1. The van der Waals surface area contributed by atoms with Crippen molar-refractivity contribution in [3.63, 3.8) is 0 Å². The Labute approximate surface area is 105 Å². The van der Waals surface area contributed by atoms with Crippen LogP contribution in [0.5, 0.6) is 5.75 Å². The molecule has 0 unspecified atom stereocenters. The van der Waals surface area contributed by atoms with Crippen molar-refractivity contribution in [1.82, 2.24) is 0 Å². The number of rotatable bonds is 3. The Morgan fingerprint density at radius 2 is 2.06 bits per heavy atom. The maximum absolute atomic E-state index is 13.1. The number of terminal acetylenes is 1. The highest BCUT2D eigenvalue weighted by Gasteiger charge is 2.00. The lowest BCUT2D eigenvalue weighted by Crippen LogP contribution is -1.99. The fourth-order valence-electron chi connectivity index (χ4n) is 1.66. The van der Waals surface area contributed by atoms with Crippen LogP contribution in [0, 0.1) is 18.2 Å². The Hall–Kier alpha value is -2.47. The number of anilines is 1. The molecule has 0 aliphatic heterocycles. The molecule has 2 N–H and O–H groups in total. The van der Waals surface area contributed by atoms with Gasteiger partial charge in [-0.2, -0.15) is 0 Å². The van der Waals surface area contributed by atoms with E-state index in [1.165, 1.54) is 12.1 Å². The highest BCUT2D eigenvalue weighted by atomic mass is 19.1. The lowest BCUT2D eigenvalue weighted by atomic mass is 10.2. The molecule has 2 nitrogen and oxygen atoms in total. The van der Waals surface area contributed by atoms with Crippen LogP contribution >= 0.6 is 0 Å². The molecule has 3 heteroatoms.